The highest BCUT2D eigenvalue weighted by Gasteiger charge is 2.05. The summed E-state index contributed by atoms with van der Waals surface area (Å²) >= 11 is 1.33. The van der Waals surface area contributed by atoms with Crippen LogP contribution in [-0.4, -0.2) is 32.1 Å². The molecule has 1 heterocycles. The van der Waals surface area contributed by atoms with E-state index in [-0.39, 0.29) is 19.1 Å². The topological polar surface area (TPSA) is 38.3 Å². The Bertz CT molecular complexity index is 290. The van der Waals surface area contributed by atoms with Crippen LogP contribution in [0.3, 0.4) is 0 Å². The Morgan fingerprint density at radius 3 is 3.00 bits per heavy atom. The predicted molar refractivity (Wildman–Crippen MR) is 53.5 cm³/mol. The minimum Gasteiger partial charge on any atom is -0.374 e. The van der Waals surface area contributed by atoms with Crippen LogP contribution >= 0.6 is 11.3 Å². The number of carbonyl (C=O) groups excluding carboxylic acids is 1. The number of amides is 1. The normalized spacial score (nSPS) is 10.6. The highest BCUT2D eigenvalue weighted by atomic mass is 32.1. The molecular formula is C9H11F2NO2S. The highest BCUT2D eigenvalue weighted by Crippen LogP contribution is 2.07. The molecule has 0 aliphatic carbocycles. The quantitative estimate of drug-likeness (QED) is 0.763. The van der Waals surface area contributed by atoms with E-state index in [1.807, 2.05) is 0 Å². The van der Waals surface area contributed by atoms with E-state index in [0.717, 1.165) is 0 Å². The molecule has 0 saturated heterocycles. The fourth-order valence-corrected chi connectivity index (χ4v) is 1.54. The number of rotatable bonds is 6. The van der Waals surface area contributed by atoms with Crippen molar-refractivity contribution in [2.45, 2.75) is 6.43 Å². The van der Waals surface area contributed by atoms with Crippen molar-refractivity contribution in [3.63, 3.8) is 0 Å². The van der Waals surface area contributed by atoms with Crippen molar-refractivity contribution in [3.8, 4) is 0 Å². The van der Waals surface area contributed by atoms with Crippen molar-refractivity contribution in [2.24, 2.45) is 0 Å². The molecule has 0 unspecified atom stereocenters. The first-order valence-corrected chi connectivity index (χ1v) is 5.25. The van der Waals surface area contributed by atoms with Gasteiger partial charge in [-0.3, -0.25) is 4.79 Å². The fourth-order valence-electron chi connectivity index (χ4n) is 0.904. The molecule has 1 aromatic heterocycles. The van der Waals surface area contributed by atoms with Gasteiger partial charge in [-0.05, 0) is 11.4 Å². The first-order valence-electron chi connectivity index (χ1n) is 4.37. The molecule has 1 rings (SSSR count). The van der Waals surface area contributed by atoms with Crippen LogP contribution in [0.5, 0.6) is 0 Å². The largest absolute Gasteiger partial charge is 0.374 e. The summed E-state index contributed by atoms with van der Waals surface area (Å²) in [6.07, 6.45) is -2.46. The summed E-state index contributed by atoms with van der Waals surface area (Å²) in [4.78, 5) is 11.9. The van der Waals surface area contributed by atoms with Crippen LogP contribution in [0.2, 0.25) is 0 Å². The predicted octanol–water partition coefficient (Wildman–Crippen LogP) is 1.76. The van der Waals surface area contributed by atoms with Gasteiger partial charge in [0.1, 0.15) is 6.61 Å². The molecule has 0 bridgehead atoms. The van der Waals surface area contributed by atoms with Gasteiger partial charge in [-0.15, -0.1) is 11.3 Å². The molecule has 3 nitrogen and oxygen atoms in total. The first-order chi connectivity index (χ1) is 7.20. The third-order valence-corrected chi connectivity index (χ3v) is 2.39. The van der Waals surface area contributed by atoms with Crippen LogP contribution in [0.1, 0.15) is 9.67 Å². The van der Waals surface area contributed by atoms with E-state index in [1.54, 1.807) is 17.5 Å². The van der Waals surface area contributed by atoms with Crippen LogP contribution in [0.15, 0.2) is 17.5 Å². The SMILES string of the molecule is O=C(NCCOCC(F)F)c1cccs1. The molecule has 15 heavy (non-hydrogen) atoms. The monoisotopic (exact) mass is 235 g/mol. The smallest absolute Gasteiger partial charge is 0.261 e. The lowest BCUT2D eigenvalue weighted by Crippen LogP contribution is -2.27. The van der Waals surface area contributed by atoms with Crippen LogP contribution in [-0.2, 0) is 4.74 Å². The average molecular weight is 235 g/mol. The van der Waals surface area contributed by atoms with Gasteiger partial charge in [0, 0.05) is 6.54 Å². The Morgan fingerprint density at radius 2 is 2.40 bits per heavy atom. The maximum absolute atomic E-state index is 11.6. The van der Waals surface area contributed by atoms with Gasteiger partial charge in [-0.1, -0.05) is 6.07 Å². The Labute approximate surface area is 90.1 Å². The van der Waals surface area contributed by atoms with Crippen molar-refractivity contribution in [3.05, 3.63) is 22.4 Å². The second kappa shape index (κ2) is 6.47. The zero-order chi connectivity index (χ0) is 11.1. The molecule has 0 radical (unpaired) electrons. The summed E-state index contributed by atoms with van der Waals surface area (Å²) in [5.74, 6) is -0.203. The number of hydrogen-bond donors (Lipinski definition) is 1. The van der Waals surface area contributed by atoms with Crippen molar-refractivity contribution >= 4 is 17.2 Å². The number of alkyl halides is 2. The lowest BCUT2D eigenvalue weighted by Gasteiger charge is -2.04. The Balaban J connectivity index is 2.08. The maximum Gasteiger partial charge on any atom is 0.261 e. The lowest BCUT2D eigenvalue weighted by molar-refractivity contribution is 0.0188. The Morgan fingerprint density at radius 1 is 1.60 bits per heavy atom. The van der Waals surface area contributed by atoms with Gasteiger partial charge >= 0.3 is 0 Å². The number of hydrogen-bond acceptors (Lipinski definition) is 3. The molecule has 0 aromatic carbocycles. The lowest BCUT2D eigenvalue weighted by atomic mass is 10.4. The number of carbonyl (C=O) groups is 1. The van der Waals surface area contributed by atoms with Crippen molar-refractivity contribution in [1.82, 2.24) is 5.32 Å². The Hall–Kier alpha value is -1.01. The Kier molecular flexibility index (Phi) is 5.20. The van der Waals surface area contributed by atoms with Crippen molar-refractivity contribution in [2.75, 3.05) is 19.8 Å². The number of thiophene rings is 1. The minimum atomic E-state index is -2.46. The second-order valence-electron chi connectivity index (χ2n) is 2.70. The average Bonchev–Trinajstić information content (AvgIpc) is 2.69. The van der Waals surface area contributed by atoms with Crippen molar-refractivity contribution in [1.29, 1.82) is 0 Å². The molecule has 1 aromatic rings. The molecule has 0 spiro atoms. The zero-order valence-electron chi connectivity index (χ0n) is 7.91. The molecule has 0 atom stereocenters. The maximum atomic E-state index is 11.6. The van der Waals surface area contributed by atoms with E-state index in [4.69, 9.17) is 0 Å². The van der Waals surface area contributed by atoms with Gasteiger partial charge in [0.05, 0.1) is 11.5 Å². The molecule has 0 aliphatic rings. The summed E-state index contributed by atoms with van der Waals surface area (Å²) in [5, 5.41) is 4.35. The number of ether oxygens (including phenoxy) is 1. The van der Waals surface area contributed by atoms with Crippen LogP contribution in [0, 0.1) is 0 Å². The van der Waals surface area contributed by atoms with E-state index in [1.165, 1.54) is 11.3 Å². The molecular weight excluding hydrogens is 224 g/mol. The van der Waals surface area contributed by atoms with E-state index in [2.05, 4.69) is 10.1 Å². The molecule has 6 heteroatoms. The standard InChI is InChI=1S/C9H11F2NO2S/c10-8(11)6-14-4-3-12-9(13)7-2-1-5-15-7/h1-2,5,8H,3-4,6H2,(H,12,13). The van der Waals surface area contributed by atoms with Gasteiger partial charge in [0.25, 0.3) is 12.3 Å². The van der Waals surface area contributed by atoms with E-state index >= 15 is 0 Å². The third kappa shape index (κ3) is 4.85. The number of nitrogens with one attached hydrogen (secondary N) is 1. The molecule has 0 saturated carbocycles. The molecule has 0 fully saturated rings. The van der Waals surface area contributed by atoms with Gasteiger partial charge in [0.15, 0.2) is 0 Å². The fraction of sp³-hybridized carbons (Fsp3) is 0.444. The van der Waals surface area contributed by atoms with Gasteiger partial charge < -0.3 is 10.1 Å². The molecule has 1 N–H and O–H groups in total. The first kappa shape index (κ1) is 12.1. The zero-order valence-corrected chi connectivity index (χ0v) is 8.73. The van der Waals surface area contributed by atoms with Gasteiger partial charge in [-0.2, -0.15) is 0 Å². The van der Waals surface area contributed by atoms with E-state index in [0.29, 0.717) is 4.88 Å². The summed E-state index contributed by atoms with van der Waals surface area (Å²) in [6.45, 7) is -0.250. The minimum absolute atomic E-state index is 0.0987. The number of halogens is 2. The van der Waals surface area contributed by atoms with Gasteiger partial charge in [0.2, 0.25) is 0 Å². The highest BCUT2D eigenvalue weighted by molar-refractivity contribution is 7.12. The van der Waals surface area contributed by atoms with Crippen molar-refractivity contribution < 1.29 is 18.3 Å². The van der Waals surface area contributed by atoms with Crippen LogP contribution in [0.25, 0.3) is 0 Å². The second-order valence-corrected chi connectivity index (χ2v) is 3.65. The van der Waals surface area contributed by atoms with E-state index < -0.39 is 13.0 Å². The molecule has 1 amide bonds. The van der Waals surface area contributed by atoms with Gasteiger partial charge in [-0.25, -0.2) is 8.78 Å². The summed E-state index contributed by atoms with van der Waals surface area (Å²) in [6, 6.07) is 3.47. The summed E-state index contributed by atoms with van der Waals surface area (Å²) in [7, 11) is 0. The van der Waals surface area contributed by atoms with Crippen LogP contribution in [0.4, 0.5) is 8.78 Å². The molecule has 84 valence electrons. The molecule has 0 aliphatic heterocycles. The summed E-state index contributed by atoms with van der Waals surface area (Å²) in [5.41, 5.74) is 0. The van der Waals surface area contributed by atoms with Crippen LogP contribution < -0.4 is 5.32 Å². The van der Waals surface area contributed by atoms with E-state index in [9.17, 15) is 13.6 Å². The summed E-state index contributed by atoms with van der Waals surface area (Å²) < 4.78 is 27.9. The third-order valence-electron chi connectivity index (χ3n) is 1.52.